The smallest absolute Gasteiger partial charge is 0.339 e. The van der Waals surface area contributed by atoms with Crippen LogP contribution in [0.4, 0.5) is 5.69 Å². The quantitative estimate of drug-likeness (QED) is 0.404. The van der Waals surface area contributed by atoms with E-state index < -0.39 is 22.7 Å². The van der Waals surface area contributed by atoms with E-state index in [-0.39, 0.29) is 16.5 Å². The number of hydrogen-bond donors (Lipinski definition) is 0. The van der Waals surface area contributed by atoms with E-state index >= 15 is 0 Å². The molecule has 0 heterocycles. The first kappa shape index (κ1) is 20.4. The minimum Gasteiger partial charge on any atom is -0.444 e. The van der Waals surface area contributed by atoms with Gasteiger partial charge in [0.1, 0.15) is 5.02 Å². The molecular weight excluding hydrogens is 372 g/mol. The van der Waals surface area contributed by atoms with Crippen molar-refractivity contribution in [3.63, 3.8) is 0 Å². The highest BCUT2D eigenvalue weighted by Crippen LogP contribution is 2.27. The minimum absolute atomic E-state index is 0.0561. The lowest BCUT2D eigenvalue weighted by atomic mass is 10.1. The SMILES string of the molecule is CCN(CC)C(=O)[C@@H](OC(=O)c1ccc(Cl)c([N+](=O)[O-])c1)c1ccccc1. The van der Waals surface area contributed by atoms with Gasteiger partial charge in [-0.3, -0.25) is 14.9 Å². The minimum atomic E-state index is -1.15. The van der Waals surface area contributed by atoms with Gasteiger partial charge >= 0.3 is 5.97 Å². The topological polar surface area (TPSA) is 89.8 Å². The Hall–Kier alpha value is -2.93. The molecular formula is C19H19ClN2O5. The maximum Gasteiger partial charge on any atom is 0.339 e. The Bertz CT molecular complexity index is 837. The molecule has 142 valence electrons. The first-order valence-corrected chi connectivity index (χ1v) is 8.75. The third kappa shape index (κ3) is 4.83. The van der Waals surface area contributed by atoms with Gasteiger partial charge in [-0.05, 0) is 26.0 Å². The summed E-state index contributed by atoms with van der Waals surface area (Å²) in [7, 11) is 0. The highest BCUT2D eigenvalue weighted by atomic mass is 35.5. The molecule has 2 aromatic rings. The second kappa shape index (κ2) is 9.14. The van der Waals surface area contributed by atoms with E-state index in [1.807, 2.05) is 13.8 Å². The van der Waals surface area contributed by atoms with E-state index in [9.17, 15) is 19.7 Å². The molecule has 0 fully saturated rings. The normalized spacial score (nSPS) is 11.5. The van der Waals surface area contributed by atoms with E-state index in [4.69, 9.17) is 16.3 Å². The van der Waals surface area contributed by atoms with Crippen molar-refractivity contribution in [3.8, 4) is 0 Å². The van der Waals surface area contributed by atoms with Gasteiger partial charge in [0.2, 0.25) is 6.10 Å². The number of rotatable bonds is 7. The summed E-state index contributed by atoms with van der Waals surface area (Å²) in [5.41, 5.74) is 0.0584. The number of ether oxygens (including phenoxy) is 1. The Kier molecular flexibility index (Phi) is 6.90. The molecule has 7 nitrogen and oxygen atoms in total. The van der Waals surface area contributed by atoms with Gasteiger partial charge in [0.25, 0.3) is 11.6 Å². The molecule has 0 bridgehead atoms. The van der Waals surface area contributed by atoms with Crippen molar-refractivity contribution in [2.24, 2.45) is 0 Å². The zero-order chi connectivity index (χ0) is 20.0. The van der Waals surface area contributed by atoms with Crippen molar-refractivity contribution in [2.75, 3.05) is 13.1 Å². The molecule has 0 N–H and O–H groups in total. The molecule has 0 aliphatic heterocycles. The Morgan fingerprint density at radius 1 is 1.15 bits per heavy atom. The number of esters is 1. The van der Waals surface area contributed by atoms with Crippen LogP contribution in [0.25, 0.3) is 0 Å². The highest BCUT2D eigenvalue weighted by molar-refractivity contribution is 6.32. The number of halogens is 1. The van der Waals surface area contributed by atoms with E-state index in [1.54, 1.807) is 35.2 Å². The van der Waals surface area contributed by atoms with Crippen molar-refractivity contribution in [2.45, 2.75) is 20.0 Å². The zero-order valence-electron chi connectivity index (χ0n) is 14.9. The largest absolute Gasteiger partial charge is 0.444 e. The lowest BCUT2D eigenvalue weighted by molar-refractivity contribution is -0.384. The number of benzene rings is 2. The van der Waals surface area contributed by atoms with E-state index in [2.05, 4.69) is 0 Å². The second-order valence-corrected chi connectivity index (χ2v) is 6.04. The third-order valence-electron chi connectivity index (χ3n) is 4.01. The molecule has 0 saturated heterocycles. The Balaban J connectivity index is 2.35. The number of nitro benzene ring substituents is 1. The van der Waals surface area contributed by atoms with Crippen LogP contribution in [0.15, 0.2) is 48.5 Å². The summed E-state index contributed by atoms with van der Waals surface area (Å²) in [6.45, 7) is 4.58. The number of nitro groups is 1. The highest BCUT2D eigenvalue weighted by Gasteiger charge is 2.29. The summed E-state index contributed by atoms with van der Waals surface area (Å²) >= 11 is 5.77. The summed E-state index contributed by atoms with van der Waals surface area (Å²) < 4.78 is 5.45. The molecule has 0 radical (unpaired) electrons. The lowest BCUT2D eigenvalue weighted by Gasteiger charge is -2.25. The number of amides is 1. The summed E-state index contributed by atoms with van der Waals surface area (Å²) in [6, 6.07) is 12.2. The standard InChI is InChI=1S/C19H19ClN2O5/c1-3-21(4-2)18(23)17(13-8-6-5-7-9-13)27-19(24)14-10-11-15(20)16(12-14)22(25)26/h5-12,17H,3-4H2,1-2H3/t17-/m0/s1. The van der Waals surface area contributed by atoms with Crippen LogP contribution in [0.2, 0.25) is 5.02 Å². The van der Waals surface area contributed by atoms with Crippen LogP contribution in [0.3, 0.4) is 0 Å². The maximum atomic E-state index is 12.8. The molecule has 2 rings (SSSR count). The van der Waals surface area contributed by atoms with E-state index in [0.717, 1.165) is 6.07 Å². The van der Waals surface area contributed by atoms with Crippen molar-refractivity contribution in [1.82, 2.24) is 4.90 Å². The van der Waals surface area contributed by atoms with Crippen LogP contribution >= 0.6 is 11.6 Å². The van der Waals surface area contributed by atoms with E-state index in [1.165, 1.54) is 12.1 Å². The van der Waals surface area contributed by atoms with Crippen molar-refractivity contribution in [1.29, 1.82) is 0 Å². The Morgan fingerprint density at radius 3 is 2.33 bits per heavy atom. The maximum absolute atomic E-state index is 12.8. The van der Waals surface area contributed by atoms with Crippen LogP contribution in [-0.2, 0) is 9.53 Å². The molecule has 0 aliphatic carbocycles. The van der Waals surface area contributed by atoms with Crippen LogP contribution < -0.4 is 0 Å². The van der Waals surface area contributed by atoms with Gasteiger partial charge in [-0.1, -0.05) is 41.9 Å². The predicted molar refractivity (Wildman–Crippen MR) is 101 cm³/mol. The fourth-order valence-electron chi connectivity index (χ4n) is 2.54. The fourth-order valence-corrected chi connectivity index (χ4v) is 2.73. The van der Waals surface area contributed by atoms with Crippen LogP contribution in [-0.4, -0.2) is 34.8 Å². The summed E-state index contributed by atoms with van der Waals surface area (Å²) in [6.07, 6.45) is -1.15. The monoisotopic (exact) mass is 390 g/mol. The lowest BCUT2D eigenvalue weighted by Crippen LogP contribution is -2.36. The Labute approximate surface area is 161 Å². The predicted octanol–water partition coefficient (Wildman–Crippen LogP) is 4.01. The average Bonchev–Trinajstić information content (AvgIpc) is 2.67. The van der Waals surface area contributed by atoms with Gasteiger partial charge in [-0.25, -0.2) is 4.79 Å². The molecule has 27 heavy (non-hydrogen) atoms. The van der Waals surface area contributed by atoms with Crippen molar-refractivity contribution < 1.29 is 19.2 Å². The molecule has 8 heteroatoms. The molecule has 0 saturated carbocycles. The summed E-state index contributed by atoms with van der Waals surface area (Å²) in [4.78, 5) is 37.3. The number of hydrogen-bond acceptors (Lipinski definition) is 5. The van der Waals surface area contributed by atoms with Gasteiger partial charge in [0, 0.05) is 24.7 Å². The summed E-state index contributed by atoms with van der Waals surface area (Å²) in [5, 5.41) is 10.9. The fraction of sp³-hybridized carbons (Fsp3) is 0.263. The van der Waals surface area contributed by atoms with Crippen LogP contribution in [0.1, 0.15) is 35.9 Å². The molecule has 1 atom stereocenters. The average molecular weight is 391 g/mol. The van der Waals surface area contributed by atoms with Gasteiger partial charge in [0.05, 0.1) is 10.5 Å². The van der Waals surface area contributed by atoms with Gasteiger partial charge in [0.15, 0.2) is 0 Å². The molecule has 0 aromatic heterocycles. The first-order chi connectivity index (χ1) is 12.9. The van der Waals surface area contributed by atoms with Crippen LogP contribution in [0, 0.1) is 10.1 Å². The van der Waals surface area contributed by atoms with Gasteiger partial charge < -0.3 is 9.64 Å². The number of nitrogens with zero attached hydrogens (tertiary/aromatic N) is 2. The second-order valence-electron chi connectivity index (χ2n) is 5.63. The zero-order valence-corrected chi connectivity index (χ0v) is 15.7. The molecule has 0 aliphatic rings. The summed E-state index contributed by atoms with van der Waals surface area (Å²) in [5.74, 6) is -1.20. The van der Waals surface area contributed by atoms with Gasteiger partial charge in [-0.15, -0.1) is 0 Å². The molecule has 2 aromatic carbocycles. The number of carbonyl (C=O) groups is 2. The van der Waals surface area contributed by atoms with E-state index in [0.29, 0.717) is 18.7 Å². The number of likely N-dealkylation sites (N-methyl/N-ethyl adjacent to an activating group) is 1. The third-order valence-corrected chi connectivity index (χ3v) is 4.32. The molecule has 0 spiro atoms. The molecule has 1 amide bonds. The van der Waals surface area contributed by atoms with Crippen molar-refractivity contribution in [3.05, 3.63) is 74.8 Å². The Morgan fingerprint density at radius 2 is 1.78 bits per heavy atom. The van der Waals surface area contributed by atoms with Gasteiger partial charge in [-0.2, -0.15) is 0 Å². The van der Waals surface area contributed by atoms with Crippen molar-refractivity contribution >= 4 is 29.2 Å². The molecule has 0 unspecified atom stereocenters. The van der Waals surface area contributed by atoms with Crippen LogP contribution in [0.5, 0.6) is 0 Å². The number of carbonyl (C=O) groups excluding carboxylic acids is 2. The first-order valence-electron chi connectivity index (χ1n) is 8.37.